The number of anilines is 1. The van der Waals surface area contributed by atoms with E-state index in [0.717, 1.165) is 10.4 Å². The number of nitrogens with one attached hydrogen (secondary N) is 1. The Kier molecular flexibility index (Phi) is 4.43. The van der Waals surface area contributed by atoms with Crippen molar-refractivity contribution >= 4 is 28.2 Å². The standard InChI is InChI=1S/C17H16N4O2S/c1-11(21-9-5-8-19-21)16(23)20-17-13(15(18)22)10-14(24-17)12-6-3-2-4-7-12/h2-11H,1H3,(H2,18,22)(H,20,23)/t11-/m1/s1. The predicted molar refractivity (Wildman–Crippen MR) is 93.8 cm³/mol. The van der Waals surface area contributed by atoms with Gasteiger partial charge in [-0.1, -0.05) is 30.3 Å². The zero-order valence-electron chi connectivity index (χ0n) is 13.0. The summed E-state index contributed by atoms with van der Waals surface area (Å²) in [5.74, 6) is -0.835. The van der Waals surface area contributed by atoms with Crippen LogP contribution in [-0.2, 0) is 4.79 Å². The summed E-state index contributed by atoms with van der Waals surface area (Å²) in [6.45, 7) is 1.73. The zero-order valence-corrected chi connectivity index (χ0v) is 13.8. The van der Waals surface area contributed by atoms with Gasteiger partial charge in [-0.05, 0) is 24.6 Å². The van der Waals surface area contributed by atoms with Crippen molar-refractivity contribution in [3.05, 3.63) is 60.4 Å². The topological polar surface area (TPSA) is 90.0 Å². The Morgan fingerprint density at radius 2 is 2.00 bits per heavy atom. The van der Waals surface area contributed by atoms with Crippen LogP contribution < -0.4 is 11.1 Å². The summed E-state index contributed by atoms with van der Waals surface area (Å²) in [4.78, 5) is 25.0. The molecule has 0 radical (unpaired) electrons. The Morgan fingerprint density at radius 1 is 1.25 bits per heavy atom. The molecule has 0 unspecified atom stereocenters. The van der Waals surface area contributed by atoms with Crippen LogP contribution in [0.3, 0.4) is 0 Å². The molecule has 2 amide bonds. The molecule has 0 saturated heterocycles. The van der Waals surface area contributed by atoms with Gasteiger partial charge in [0.2, 0.25) is 5.91 Å². The monoisotopic (exact) mass is 340 g/mol. The van der Waals surface area contributed by atoms with Gasteiger partial charge in [-0.15, -0.1) is 11.3 Å². The fourth-order valence-electron chi connectivity index (χ4n) is 2.26. The van der Waals surface area contributed by atoms with Gasteiger partial charge < -0.3 is 11.1 Å². The number of benzene rings is 1. The molecule has 0 saturated carbocycles. The summed E-state index contributed by atoms with van der Waals surface area (Å²) in [6.07, 6.45) is 3.32. The van der Waals surface area contributed by atoms with E-state index in [2.05, 4.69) is 10.4 Å². The lowest BCUT2D eigenvalue weighted by atomic mass is 10.1. The van der Waals surface area contributed by atoms with Gasteiger partial charge in [-0.2, -0.15) is 5.10 Å². The van der Waals surface area contributed by atoms with Gasteiger partial charge in [0, 0.05) is 17.3 Å². The first-order chi connectivity index (χ1) is 11.6. The normalized spacial score (nSPS) is 11.9. The molecule has 3 aromatic rings. The molecule has 1 atom stereocenters. The Morgan fingerprint density at radius 3 is 2.62 bits per heavy atom. The molecular weight excluding hydrogens is 324 g/mol. The second kappa shape index (κ2) is 6.67. The summed E-state index contributed by atoms with van der Waals surface area (Å²) in [6, 6.07) is 12.6. The molecule has 0 aliphatic carbocycles. The van der Waals surface area contributed by atoms with E-state index in [-0.39, 0.29) is 5.91 Å². The second-order valence-corrected chi connectivity index (χ2v) is 6.29. The lowest BCUT2D eigenvalue weighted by molar-refractivity contribution is -0.119. The lowest BCUT2D eigenvalue weighted by Gasteiger charge is -2.12. The van der Waals surface area contributed by atoms with E-state index >= 15 is 0 Å². The van der Waals surface area contributed by atoms with E-state index in [1.54, 1.807) is 36.1 Å². The van der Waals surface area contributed by atoms with Crippen molar-refractivity contribution in [1.82, 2.24) is 9.78 Å². The van der Waals surface area contributed by atoms with Crippen molar-refractivity contribution < 1.29 is 9.59 Å². The quantitative estimate of drug-likeness (QED) is 0.748. The highest BCUT2D eigenvalue weighted by Crippen LogP contribution is 2.35. The van der Waals surface area contributed by atoms with E-state index in [9.17, 15) is 9.59 Å². The van der Waals surface area contributed by atoms with Gasteiger partial charge in [0.1, 0.15) is 11.0 Å². The van der Waals surface area contributed by atoms with Gasteiger partial charge in [0.15, 0.2) is 0 Å². The Labute approximate surface area is 142 Å². The van der Waals surface area contributed by atoms with Crippen LogP contribution in [0.15, 0.2) is 54.9 Å². The molecule has 7 heteroatoms. The largest absolute Gasteiger partial charge is 0.366 e. The number of thiophene rings is 1. The number of nitrogens with two attached hydrogens (primary N) is 1. The number of primary amides is 1. The summed E-state index contributed by atoms with van der Waals surface area (Å²) in [5.41, 5.74) is 6.72. The summed E-state index contributed by atoms with van der Waals surface area (Å²) in [5, 5.41) is 7.29. The van der Waals surface area contributed by atoms with E-state index in [4.69, 9.17) is 5.73 Å². The molecule has 3 N–H and O–H groups in total. The molecule has 0 aliphatic rings. The van der Waals surface area contributed by atoms with Crippen molar-refractivity contribution in [3.63, 3.8) is 0 Å². The number of hydrogen-bond acceptors (Lipinski definition) is 4. The highest BCUT2D eigenvalue weighted by atomic mass is 32.1. The smallest absolute Gasteiger partial charge is 0.251 e. The molecule has 2 aromatic heterocycles. The van der Waals surface area contributed by atoms with E-state index in [0.29, 0.717) is 10.6 Å². The fraction of sp³-hybridized carbons (Fsp3) is 0.118. The summed E-state index contributed by atoms with van der Waals surface area (Å²) in [7, 11) is 0. The number of aromatic nitrogens is 2. The minimum atomic E-state index is -0.574. The summed E-state index contributed by atoms with van der Waals surface area (Å²) >= 11 is 1.32. The van der Waals surface area contributed by atoms with Gasteiger partial charge in [-0.3, -0.25) is 14.3 Å². The maximum atomic E-state index is 12.4. The number of hydrogen-bond donors (Lipinski definition) is 2. The van der Waals surface area contributed by atoms with Crippen LogP contribution in [0.5, 0.6) is 0 Å². The molecule has 2 heterocycles. The average molecular weight is 340 g/mol. The van der Waals surface area contributed by atoms with Gasteiger partial charge in [0.05, 0.1) is 5.56 Å². The first kappa shape index (κ1) is 15.9. The van der Waals surface area contributed by atoms with Crippen molar-refractivity contribution in [2.45, 2.75) is 13.0 Å². The van der Waals surface area contributed by atoms with Crippen LogP contribution in [0.2, 0.25) is 0 Å². The highest BCUT2D eigenvalue weighted by Gasteiger charge is 2.20. The molecule has 3 rings (SSSR count). The first-order valence-electron chi connectivity index (χ1n) is 7.35. The van der Waals surface area contributed by atoms with E-state index < -0.39 is 11.9 Å². The SMILES string of the molecule is C[C@H](C(=O)Nc1sc(-c2ccccc2)cc1C(N)=O)n1cccn1. The number of carbonyl (C=O) groups is 2. The molecule has 122 valence electrons. The molecule has 1 aromatic carbocycles. The lowest BCUT2D eigenvalue weighted by Crippen LogP contribution is -2.24. The van der Waals surface area contributed by atoms with E-state index in [1.807, 2.05) is 30.3 Å². The molecule has 0 aliphatic heterocycles. The predicted octanol–water partition coefficient (Wildman–Crippen LogP) is 2.91. The minimum absolute atomic E-state index is 0.261. The second-order valence-electron chi connectivity index (χ2n) is 5.24. The number of nitrogens with zero attached hydrogens (tertiary/aromatic N) is 2. The third-order valence-electron chi connectivity index (χ3n) is 3.59. The molecule has 0 fully saturated rings. The van der Waals surface area contributed by atoms with Gasteiger partial charge in [0.25, 0.3) is 5.91 Å². The molecule has 6 nitrogen and oxygen atoms in total. The fourth-order valence-corrected chi connectivity index (χ4v) is 3.33. The number of carbonyl (C=O) groups excluding carboxylic acids is 2. The molecule has 0 spiro atoms. The molecule has 24 heavy (non-hydrogen) atoms. The minimum Gasteiger partial charge on any atom is -0.366 e. The number of amides is 2. The highest BCUT2D eigenvalue weighted by molar-refractivity contribution is 7.20. The van der Waals surface area contributed by atoms with Crippen molar-refractivity contribution in [1.29, 1.82) is 0 Å². The summed E-state index contributed by atoms with van der Waals surface area (Å²) < 4.78 is 1.55. The Balaban J connectivity index is 1.88. The first-order valence-corrected chi connectivity index (χ1v) is 8.17. The van der Waals surface area contributed by atoms with Gasteiger partial charge in [-0.25, -0.2) is 0 Å². The van der Waals surface area contributed by atoms with Crippen molar-refractivity contribution in [2.75, 3.05) is 5.32 Å². The zero-order chi connectivity index (χ0) is 17.1. The van der Waals surface area contributed by atoms with Gasteiger partial charge >= 0.3 is 0 Å². The molecule has 0 bridgehead atoms. The van der Waals surface area contributed by atoms with Crippen LogP contribution in [0.1, 0.15) is 23.3 Å². The van der Waals surface area contributed by atoms with Crippen LogP contribution >= 0.6 is 11.3 Å². The van der Waals surface area contributed by atoms with Crippen LogP contribution in [0.25, 0.3) is 10.4 Å². The average Bonchev–Trinajstić information content (AvgIpc) is 3.24. The number of rotatable bonds is 5. The van der Waals surface area contributed by atoms with Crippen molar-refractivity contribution in [3.8, 4) is 10.4 Å². The Bertz CT molecular complexity index is 856. The van der Waals surface area contributed by atoms with Crippen molar-refractivity contribution in [2.24, 2.45) is 5.73 Å². The van der Waals surface area contributed by atoms with Crippen LogP contribution in [0.4, 0.5) is 5.00 Å². The maximum Gasteiger partial charge on any atom is 0.251 e. The maximum absolute atomic E-state index is 12.4. The molecular formula is C17H16N4O2S. The third kappa shape index (κ3) is 3.21. The van der Waals surface area contributed by atoms with Crippen LogP contribution in [0, 0.1) is 0 Å². The van der Waals surface area contributed by atoms with E-state index in [1.165, 1.54) is 11.3 Å². The Hall–Kier alpha value is -2.93. The third-order valence-corrected chi connectivity index (χ3v) is 4.69. The van der Waals surface area contributed by atoms with Crippen LogP contribution in [-0.4, -0.2) is 21.6 Å².